The number of hydrogen-bond acceptors (Lipinski definition) is 4. The summed E-state index contributed by atoms with van der Waals surface area (Å²) in [4.78, 5) is 11.5. The van der Waals surface area contributed by atoms with E-state index in [9.17, 15) is 18.0 Å². The highest BCUT2D eigenvalue weighted by Crippen LogP contribution is 2.17. The largest absolute Gasteiger partial charge is 0.481 e. The van der Waals surface area contributed by atoms with Crippen LogP contribution >= 0.6 is 0 Å². The average molecular weight is 326 g/mol. The monoisotopic (exact) mass is 326 g/mol. The van der Waals surface area contributed by atoms with Crippen LogP contribution in [-0.4, -0.2) is 28.5 Å². The van der Waals surface area contributed by atoms with Gasteiger partial charge in [-0.15, -0.1) is 0 Å². The normalized spacial score (nSPS) is 11.0. The van der Waals surface area contributed by atoms with Crippen molar-refractivity contribution in [1.29, 1.82) is 0 Å². The molecule has 0 atom stereocenters. The van der Waals surface area contributed by atoms with Crippen LogP contribution in [0.25, 0.3) is 0 Å². The number of hydrogen-bond donors (Lipinski definition) is 1. The van der Waals surface area contributed by atoms with E-state index >= 15 is 0 Å². The maximum absolute atomic E-state index is 13.6. The number of carbonyl (C=O) groups excluding carboxylic acids is 1. The van der Waals surface area contributed by atoms with Gasteiger partial charge in [-0.3, -0.25) is 4.79 Å². The molecule has 1 aromatic heterocycles. The Morgan fingerprint density at radius 1 is 1.43 bits per heavy atom. The average Bonchev–Trinajstić information content (AvgIpc) is 2.72. The molecule has 0 bridgehead atoms. The van der Waals surface area contributed by atoms with Crippen molar-refractivity contribution in [3.63, 3.8) is 0 Å². The first-order valence-electron chi connectivity index (χ1n) is 6.47. The van der Waals surface area contributed by atoms with Crippen LogP contribution in [0.5, 0.6) is 5.75 Å². The summed E-state index contributed by atoms with van der Waals surface area (Å²) in [6, 6.07) is 2.71. The van der Waals surface area contributed by atoms with Crippen LogP contribution in [0, 0.1) is 24.5 Å². The van der Waals surface area contributed by atoms with Gasteiger partial charge in [-0.05, 0) is 19.1 Å². The van der Waals surface area contributed by atoms with Crippen molar-refractivity contribution in [2.75, 3.05) is 6.61 Å². The summed E-state index contributed by atoms with van der Waals surface area (Å²) >= 11 is 0. The molecule has 1 N–H and O–H groups in total. The number of rotatable bonds is 5. The third-order valence-corrected chi connectivity index (χ3v) is 2.83. The van der Waals surface area contributed by atoms with Gasteiger partial charge in [0, 0.05) is 13.1 Å². The lowest BCUT2D eigenvalue weighted by atomic mass is 10.3. The van der Waals surface area contributed by atoms with Crippen molar-refractivity contribution in [3.05, 3.63) is 47.0 Å². The van der Waals surface area contributed by atoms with Crippen LogP contribution < -0.4 is 10.2 Å². The second kappa shape index (κ2) is 6.95. The van der Waals surface area contributed by atoms with Crippen LogP contribution in [0.1, 0.15) is 11.3 Å². The van der Waals surface area contributed by atoms with E-state index in [0.29, 0.717) is 11.8 Å². The molecule has 2 rings (SSSR count). The first-order chi connectivity index (χ1) is 10.9. The summed E-state index contributed by atoms with van der Waals surface area (Å²) in [6.07, 6.45) is 1.11. The lowest BCUT2D eigenvalue weighted by Crippen LogP contribution is -2.24. The Morgan fingerprint density at radius 3 is 2.78 bits per heavy atom. The summed E-state index contributed by atoms with van der Waals surface area (Å²) in [6.45, 7) is 1.06. The molecule has 0 aliphatic heterocycles. The number of aromatic nitrogens is 2. The molecule has 9 heteroatoms. The number of ether oxygens (including phenoxy) is 1. The first kappa shape index (κ1) is 16.5. The van der Waals surface area contributed by atoms with Gasteiger partial charge in [0.25, 0.3) is 5.91 Å². The summed E-state index contributed by atoms with van der Waals surface area (Å²) in [5, 5.41) is 7.42. The maximum Gasteiger partial charge on any atom is 0.277 e. The minimum Gasteiger partial charge on any atom is -0.481 e. The SMILES string of the molecule is Cc1nn(C)c(F)c1/C=N\NC(=O)COc1ccc(F)cc1F. The fourth-order valence-electron chi connectivity index (χ4n) is 1.73. The number of nitrogens with zero attached hydrogens (tertiary/aromatic N) is 3. The molecule has 0 unspecified atom stereocenters. The van der Waals surface area contributed by atoms with E-state index in [-0.39, 0.29) is 11.3 Å². The predicted octanol–water partition coefficient (Wildman–Crippen LogP) is 1.67. The number of nitrogens with one attached hydrogen (secondary N) is 1. The zero-order chi connectivity index (χ0) is 17.0. The van der Waals surface area contributed by atoms with Crippen molar-refractivity contribution < 1.29 is 22.7 Å². The molecule has 0 saturated heterocycles. The van der Waals surface area contributed by atoms with Gasteiger partial charge in [-0.2, -0.15) is 14.6 Å². The van der Waals surface area contributed by atoms with E-state index in [4.69, 9.17) is 4.74 Å². The second-order valence-electron chi connectivity index (χ2n) is 4.57. The van der Waals surface area contributed by atoms with Gasteiger partial charge in [0.15, 0.2) is 18.2 Å². The number of carbonyl (C=O) groups is 1. The van der Waals surface area contributed by atoms with Crippen LogP contribution in [-0.2, 0) is 11.8 Å². The van der Waals surface area contributed by atoms with Crippen molar-refractivity contribution in [2.45, 2.75) is 6.92 Å². The van der Waals surface area contributed by atoms with Crippen LogP contribution in [0.3, 0.4) is 0 Å². The minimum absolute atomic E-state index is 0.137. The van der Waals surface area contributed by atoms with Gasteiger partial charge in [0.1, 0.15) is 5.82 Å². The third-order valence-electron chi connectivity index (χ3n) is 2.83. The highest BCUT2D eigenvalue weighted by molar-refractivity contribution is 5.83. The second-order valence-corrected chi connectivity index (χ2v) is 4.57. The van der Waals surface area contributed by atoms with E-state index in [0.717, 1.165) is 23.0 Å². The zero-order valence-corrected chi connectivity index (χ0v) is 12.3. The summed E-state index contributed by atoms with van der Waals surface area (Å²) in [5.41, 5.74) is 2.65. The number of halogens is 3. The van der Waals surface area contributed by atoms with Gasteiger partial charge in [-0.25, -0.2) is 18.9 Å². The van der Waals surface area contributed by atoms with E-state index in [1.807, 2.05) is 0 Å². The first-order valence-corrected chi connectivity index (χ1v) is 6.47. The molecule has 0 aliphatic rings. The molecule has 0 aliphatic carbocycles. The Balaban J connectivity index is 1.89. The fourth-order valence-corrected chi connectivity index (χ4v) is 1.73. The lowest BCUT2D eigenvalue weighted by molar-refractivity contribution is -0.123. The molecule has 1 amide bonds. The van der Waals surface area contributed by atoms with E-state index in [2.05, 4.69) is 15.6 Å². The van der Waals surface area contributed by atoms with Gasteiger partial charge in [0.2, 0.25) is 5.95 Å². The molecule has 6 nitrogen and oxygen atoms in total. The topological polar surface area (TPSA) is 68.5 Å². The van der Waals surface area contributed by atoms with Gasteiger partial charge in [0.05, 0.1) is 17.5 Å². The Hall–Kier alpha value is -2.84. The highest BCUT2D eigenvalue weighted by atomic mass is 19.1. The molecule has 1 heterocycles. The van der Waals surface area contributed by atoms with Gasteiger partial charge < -0.3 is 4.74 Å². The van der Waals surface area contributed by atoms with Crippen LogP contribution in [0.4, 0.5) is 13.2 Å². The van der Waals surface area contributed by atoms with Crippen LogP contribution in [0.15, 0.2) is 23.3 Å². The van der Waals surface area contributed by atoms with Gasteiger partial charge in [-0.1, -0.05) is 0 Å². The van der Waals surface area contributed by atoms with Gasteiger partial charge >= 0.3 is 0 Å². The quantitative estimate of drug-likeness (QED) is 0.671. The third kappa shape index (κ3) is 4.09. The molecule has 0 fully saturated rings. The number of amides is 1. The molecule has 0 radical (unpaired) electrons. The van der Waals surface area contributed by atoms with E-state index in [1.165, 1.54) is 7.05 Å². The summed E-state index contributed by atoms with van der Waals surface area (Å²) in [7, 11) is 1.43. The predicted molar refractivity (Wildman–Crippen MR) is 75.5 cm³/mol. The Labute approximate surface area is 129 Å². The molecule has 122 valence electrons. The molecule has 2 aromatic rings. The van der Waals surface area contributed by atoms with Crippen LogP contribution in [0.2, 0.25) is 0 Å². The molecule has 0 spiro atoms. The fraction of sp³-hybridized carbons (Fsp3) is 0.214. The highest BCUT2D eigenvalue weighted by Gasteiger charge is 2.11. The number of hydrazone groups is 1. The minimum atomic E-state index is -0.922. The molecule has 0 saturated carbocycles. The Kier molecular flexibility index (Phi) is 4.99. The van der Waals surface area contributed by atoms with E-state index in [1.54, 1.807) is 6.92 Å². The summed E-state index contributed by atoms with van der Waals surface area (Å²) < 4.78 is 45.5. The zero-order valence-electron chi connectivity index (χ0n) is 12.3. The maximum atomic E-state index is 13.6. The van der Waals surface area contributed by atoms with Crippen molar-refractivity contribution in [3.8, 4) is 5.75 Å². The van der Waals surface area contributed by atoms with E-state index < -0.39 is 30.1 Å². The van der Waals surface area contributed by atoms with Crippen molar-refractivity contribution >= 4 is 12.1 Å². The van der Waals surface area contributed by atoms with Crippen molar-refractivity contribution in [2.24, 2.45) is 12.1 Å². The Bertz CT molecular complexity index is 759. The Morgan fingerprint density at radius 2 is 2.17 bits per heavy atom. The molecular formula is C14H13F3N4O2. The lowest BCUT2D eigenvalue weighted by Gasteiger charge is -2.05. The van der Waals surface area contributed by atoms with Crippen molar-refractivity contribution in [1.82, 2.24) is 15.2 Å². The molecule has 1 aromatic carbocycles. The molecular weight excluding hydrogens is 313 g/mol. The number of aryl methyl sites for hydroxylation is 2. The standard InChI is InChI=1S/C14H13F3N4O2/c1-8-10(14(17)21(2)20-8)6-18-19-13(22)7-23-12-4-3-9(15)5-11(12)16/h3-6H,7H2,1-2H3,(H,19,22)/b18-6-. The number of benzene rings is 1. The summed E-state index contributed by atoms with van der Waals surface area (Å²) in [5.74, 6) is -3.22. The molecule has 23 heavy (non-hydrogen) atoms. The smallest absolute Gasteiger partial charge is 0.277 e.